The van der Waals surface area contributed by atoms with Gasteiger partial charge in [-0.25, -0.2) is 0 Å². The van der Waals surface area contributed by atoms with E-state index in [1.165, 1.54) is 12.8 Å². The molecule has 0 fully saturated rings. The maximum atomic E-state index is 11.7. The molecule has 0 heterocycles. The molecule has 0 aliphatic carbocycles. The number of hydrogen-bond donors (Lipinski definition) is 1. The zero-order valence-corrected chi connectivity index (χ0v) is 12.6. The highest BCUT2D eigenvalue weighted by molar-refractivity contribution is 5.69. The first-order valence-electron chi connectivity index (χ1n) is 7.59. The highest BCUT2D eigenvalue weighted by atomic mass is 16.5. The molecule has 20 heavy (non-hydrogen) atoms. The number of carbonyl (C=O) groups is 1. The van der Waals surface area contributed by atoms with Gasteiger partial charge in [-0.15, -0.1) is 0 Å². The summed E-state index contributed by atoms with van der Waals surface area (Å²) < 4.78 is 5.35. The van der Waals surface area contributed by atoms with E-state index in [0.717, 1.165) is 18.4 Å². The zero-order valence-electron chi connectivity index (χ0n) is 12.6. The van der Waals surface area contributed by atoms with E-state index in [2.05, 4.69) is 13.8 Å². The fourth-order valence-corrected chi connectivity index (χ4v) is 2.09. The van der Waals surface area contributed by atoms with Gasteiger partial charge in [0.05, 0.1) is 6.61 Å². The minimum atomic E-state index is -0.131. The van der Waals surface area contributed by atoms with Crippen LogP contribution >= 0.6 is 0 Å². The molecule has 1 rings (SSSR count). The topological polar surface area (TPSA) is 46.5 Å². The van der Waals surface area contributed by atoms with E-state index in [-0.39, 0.29) is 11.7 Å². The van der Waals surface area contributed by atoms with Crippen LogP contribution in [0.15, 0.2) is 24.3 Å². The predicted molar refractivity (Wildman–Crippen MR) is 80.7 cm³/mol. The summed E-state index contributed by atoms with van der Waals surface area (Å²) in [4.78, 5) is 11.7. The number of ether oxygens (including phenoxy) is 1. The van der Waals surface area contributed by atoms with Crippen molar-refractivity contribution in [2.75, 3.05) is 6.61 Å². The first-order chi connectivity index (χ1) is 9.65. The summed E-state index contributed by atoms with van der Waals surface area (Å²) in [6, 6.07) is 6.94. The van der Waals surface area contributed by atoms with E-state index in [1.54, 1.807) is 12.1 Å². The standard InChI is InChI=1S/C17H26O3/c1-3-5-6-14(4-2)13-20-17(19)12-9-15-7-10-16(18)11-8-15/h7-8,10-11,14,18H,3-6,9,12-13H2,1-2H3. The molecule has 0 aliphatic heterocycles. The third-order valence-electron chi connectivity index (χ3n) is 3.58. The average Bonchev–Trinajstić information content (AvgIpc) is 2.47. The number of aromatic hydroxyl groups is 1. The molecule has 0 bridgehead atoms. The quantitative estimate of drug-likeness (QED) is 0.692. The molecule has 0 spiro atoms. The van der Waals surface area contributed by atoms with Gasteiger partial charge in [0.1, 0.15) is 5.75 Å². The summed E-state index contributed by atoms with van der Waals surface area (Å²) in [5.41, 5.74) is 1.04. The fourth-order valence-electron chi connectivity index (χ4n) is 2.09. The van der Waals surface area contributed by atoms with Crippen LogP contribution in [0.1, 0.15) is 51.5 Å². The molecule has 0 saturated heterocycles. The van der Waals surface area contributed by atoms with Crippen molar-refractivity contribution >= 4 is 5.97 Å². The van der Waals surface area contributed by atoms with Gasteiger partial charge in [0, 0.05) is 6.42 Å². The van der Waals surface area contributed by atoms with Crippen molar-refractivity contribution in [2.45, 2.75) is 52.4 Å². The van der Waals surface area contributed by atoms with Gasteiger partial charge in [-0.2, -0.15) is 0 Å². The molecule has 3 heteroatoms. The fraction of sp³-hybridized carbons (Fsp3) is 0.588. The number of benzene rings is 1. The largest absolute Gasteiger partial charge is 0.508 e. The van der Waals surface area contributed by atoms with E-state index < -0.39 is 0 Å². The van der Waals surface area contributed by atoms with Crippen LogP contribution in [0.25, 0.3) is 0 Å². The predicted octanol–water partition coefficient (Wildman–Crippen LogP) is 4.08. The average molecular weight is 278 g/mol. The van der Waals surface area contributed by atoms with Crippen molar-refractivity contribution in [2.24, 2.45) is 5.92 Å². The molecule has 3 nitrogen and oxygen atoms in total. The SMILES string of the molecule is CCCCC(CC)COC(=O)CCc1ccc(O)cc1. The van der Waals surface area contributed by atoms with Gasteiger partial charge in [-0.3, -0.25) is 4.79 Å². The Kier molecular flexibility index (Phi) is 7.78. The summed E-state index contributed by atoms with van der Waals surface area (Å²) in [5, 5.41) is 9.19. The van der Waals surface area contributed by atoms with Crippen LogP contribution in [0.3, 0.4) is 0 Å². The van der Waals surface area contributed by atoms with Crippen molar-refractivity contribution in [1.82, 2.24) is 0 Å². The number of carbonyl (C=O) groups excluding carboxylic acids is 1. The summed E-state index contributed by atoms with van der Waals surface area (Å²) in [5.74, 6) is 0.610. The number of phenols is 1. The molecule has 112 valence electrons. The number of esters is 1. The molecular weight excluding hydrogens is 252 g/mol. The number of unbranched alkanes of at least 4 members (excludes halogenated alkanes) is 1. The molecule has 0 aromatic heterocycles. The van der Waals surface area contributed by atoms with Crippen molar-refractivity contribution in [3.05, 3.63) is 29.8 Å². The second-order valence-corrected chi connectivity index (χ2v) is 5.27. The van der Waals surface area contributed by atoms with Crippen molar-refractivity contribution < 1.29 is 14.6 Å². The third-order valence-corrected chi connectivity index (χ3v) is 3.58. The number of phenolic OH excluding ortho intramolecular Hbond substituents is 1. The monoisotopic (exact) mass is 278 g/mol. The molecule has 1 unspecified atom stereocenters. The maximum absolute atomic E-state index is 11.7. The van der Waals surface area contributed by atoms with Crippen LogP contribution in [0.5, 0.6) is 5.75 Å². The number of aryl methyl sites for hydroxylation is 1. The lowest BCUT2D eigenvalue weighted by atomic mass is 10.0. The van der Waals surface area contributed by atoms with E-state index in [4.69, 9.17) is 4.74 Å². The van der Waals surface area contributed by atoms with Gasteiger partial charge in [0.2, 0.25) is 0 Å². The summed E-state index contributed by atoms with van der Waals surface area (Å²) >= 11 is 0. The molecule has 1 N–H and O–H groups in total. The Hall–Kier alpha value is -1.51. The highest BCUT2D eigenvalue weighted by Gasteiger charge is 2.10. The van der Waals surface area contributed by atoms with Crippen molar-refractivity contribution in [1.29, 1.82) is 0 Å². The van der Waals surface area contributed by atoms with Crippen LogP contribution in [0.2, 0.25) is 0 Å². The molecular formula is C17H26O3. The van der Waals surface area contributed by atoms with Crippen LogP contribution < -0.4 is 0 Å². The number of hydrogen-bond acceptors (Lipinski definition) is 3. The lowest BCUT2D eigenvalue weighted by Crippen LogP contribution is -2.14. The Morgan fingerprint density at radius 3 is 2.55 bits per heavy atom. The van der Waals surface area contributed by atoms with Crippen molar-refractivity contribution in [3.63, 3.8) is 0 Å². The van der Waals surface area contributed by atoms with E-state index >= 15 is 0 Å². The lowest BCUT2D eigenvalue weighted by molar-refractivity contribution is -0.145. The van der Waals surface area contributed by atoms with Crippen LogP contribution in [0, 0.1) is 5.92 Å². The van der Waals surface area contributed by atoms with Gasteiger partial charge >= 0.3 is 5.97 Å². The zero-order chi connectivity index (χ0) is 14.8. The first kappa shape index (κ1) is 16.5. The first-order valence-corrected chi connectivity index (χ1v) is 7.59. The van der Waals surface area contributed by atoms with Gasteiger partial charge < -0.3 is 9.84 Å². The van der Waals surface area contributed by atoms with Gasteiger partial charge in [-0.05, 0) is 36.5 Å². The van der Waals surface area contributed by atoms with Gasteiger partial charge in [0.25, 0.3) is 0 Å². The number of rotatable bonds is 9. The Morgan fingerprint density at radius 2 is 1.95 bits per heavy atom. The van der Waals surface area contributed by atoms with Crippen LogP contribution in [-0.2, 0) is 16.0 Å². The minimum absolute atomic E-state index is 0.131. The van der Waals surface area contributed by atoms with Crippen LogP contribution in [-0.4, -0.2) is 17.7 Å². The second kappa shape index (κ2) is 9.40. The van der Waals surface area contributed by atoms with E-state index in [9.17, 15) is 9.90 Å². The highest BCUT2D eigenvalue weighted by Crippen LogP contribution is 2.14. The molecule has 0 saturated carbocycles. The minimum Gasteiger partial charge on any atom is -0.508 e. The normalized spacial score (nSPS) is 12.1. The van der Waals surface area contributed by atoms with Gasteiger partial charge in [0.15, 0.2) is 0 Å². The second-order valence-electron chi connectivity index (χ2n) is 5.27. The summed E-state index contributed by atoms with van der Waals surface area (Å²) in [7, 11) is 0. The Morgan fingerprint density at radius 1 is 1.25 bits per heavy atom. The third kappa shape index (κ3) is 6.60. The molecule has 1 aromatic carbocycles. The Balaban J connectivity index is 2.24. The molecule has 1 atom stereocenters. The Labute approximate surface area is 122 Å². The lowest BCUT2D eigenvalue weighted by Gasteiger charge is -2.14. The summed E-state index contributed by atoms with van der Waals surface area (Å²) in [6.07, 6.45) is 5.64. The van der Waals surface area contributed by atoms with E-state index in [1.807, 2.05) is 12.1 Å². The van der Waals surface area contributed by atoms with Crippen LogP contribution in [0.4, 0.5) is 0 Å². The molecule has 0 radical (unpaired) electrons. The smallest absolute Gasteiger partial charge is 0.306 e. The Bertz CT molecular complexity index is 384. The molecule has 0 aliphatic rings. The molecule has 0 amide bonds. The summed E-state index contributed by atoms with van der Waals surface area (Å²) in [6.45, 7) is 4.87. The maximum Gasteiger partial charge on any atom is 0.306 e. The van der Waals surface area contributed by atoms with Crippen molar-refractivity contribution in [3.8, 4) is 5.75 Å². The molecule has 1 aromatic rings. The van der Waals surface area contributed by atoms with Gasteiger partial charge in [-0.1, -0.05) is 45.2 Å². The van der Waals surface area contributed by atoms with E-state index in [0.29, 0.717) is 25.4 Å².